The fourth-order valence-corrected chi connectivity index (χ4v) is 2.31. The van der Waals surface area contributed by atoms with E-state index in [-0.39, 0.29) is 18.6 Å². The number of rotatable bonds is 3. The lowest BCUT2D eigenvalue weighted by molar-refractivity contribution is -0.133. The number of benzene rings is 1. The van der Waals surface area contributed by atoms with Crippen LogP contribution in [0.5, 0.6) is 0 Å². The molecule has 8 heteroatoms. The van der Waals surface area contributed by atoms with Gasteiger partial charge in [0, 0.05) is 18.1 Å². The Morgan fingerprint density at radius 2 is 1.96 bits per heavy atom. The van der Waals surface area contributed by atoms with Crippen molar-refractivity contribution in [3.63, 3.8) is 0 Å². The first-order chi connectivity index (χ1) is 11.0. The first kappa shape index (κ1) is 18.3. The first-order valence-electron chi connectivity index (χ1n) is 7.37. The number of hydrogen-bond donors (Lipinski definition) is 1. The maximum absolute atomic E-state index is 14.1. The highest BCUT2D eigenvalue weighted by Gasteiger charge is 2.37. The molecule has 1 aliphatic heterocycles. The van der Waals surface area contributed by atoms with Gasteiger partial charge in [0.25, 0.3) is 5.91 Å². The normalized spacial score (nSPS) is 18.2. The van der Waals surface area contributed by atoms with Gasteiger partial charge in [-0.25, -0.2) is 13.2 Å². The van der Waals surface area contributed by atoms with E-state index in [1.54, 1.807) is 0 Å². The quantitative estimate of drug-likeness (QED) is 0.858. The summed E-state index contributed by atoms with van der Waals surface area (Å²) in [4.78, 5) is 25.0. The lowest BCUT2D eigenvalue weighted by Crippen LogP contribution is -2.43. The number of ether oxygens (including phenoxy) is 1. The molecule has 0 aromatic heterocycles. The van der Waals surface area contributed by atoms with Crippen molar-refractivity contribution in [1.29, 1.82) is 0 Å². The maximum Gasteiger partial charge on any atom is 0.279 e. The summed E-state index contributed by atoms with van der Waals surface area (Å²) in [6.45, 7) is 6.27. The van der Waals surface area contributed by atoms with Gasteiger partial charge in [-0.3, -0.25) is 14.5 Å². The van der Waals surface area contributed by atoms with Crippen LogP contribution < -0.4 is 10.2 Å². The van der Waals surface area contributed by atoms with Gasteiger partial charge >= 0.3 is 0 Å². The van der Waals surface area contributed by atoms with Crippen molar-refractivity contribution >= 4 is 17.5 Å². The Hall–Kier alpha value is -2.09. The zero-order valence-corrected chi connectivity index (χ0v) is 13.9. The van der Waals surface area contributed by atoms with Gasteiger partial charge in [0.2, 0.25) is 12.1 Å². The van der Waals surface area contributed by atoms with E-state index in [0.29, 0.717) is 6.07 Å². The smallest absolute Gasteiger partial charge is 0.279 e. The van der Waals surface area contributed by atoms with E-state index in [2.05, 4.69) is 5.32 Å². The van der Waals surface area contributed by atoms with Crippen molar-refractivity contribution in [2.24, 2.45) is 5.41 Å². The van der Waals surface area contributed by atoms with Gasteiger partial charge in [-0.05, 0) is 12.3 Å². The van der Waals surface area contributed by atoms with Crippen LogP contribution in [0.1, 0.15) is 32.8 Å². The number of hydrogen-bond acceptors (Lipinski definition) is 3. The minimum Gasteiger partial charge on any atom is -0.328 e. The Morgan fingerprint density at radius 1 is 1.33 bits per heavy atom. The number of halogens is 3. The topological polar surface area (TPSA) is 58.6 Å². The number of amides is 2. The van der Waals surface area contributed by atoms with Crippen LogP contribution in [0.4, 0.5) is 18.9 Å². The summed E-state index contributed by atoms with van der Waals surface area (Å²) in [5.74, 6) is -4.77. The van der Waals surface area contributed by atoms with Crippen LogP contribution in [0.2, 0.25) is 0 Å². The summed E-state index contributed by atoms with van der Waals surface area (Å²) in [5.41, 5.74) is -1.24. The molecule has 1 N–H and O–H groups in total. The molecule has 132 valence electrons. The minimum atomic E-state index is -1.31. The highest BCUT2D eigenvalue weighted by Crippen LogP contribution is 2.29. The van der Waals surface area contributed by atoms with Gasteiger partial charge in [0.05, 0.1) is 5.69 Å². The van der Waals surface area contributed by atoms with Crippen molar-refractivity contribution in [1.82, 2.24) is 5.32 Å². The lowest BCUT2D eigenvalue weighted by Gasteiger charge is -2.19. The average molecular weight is 344 g/mol. The summed E-state index contributed by atoms with van der Waals surface area (Å²) in [5, 5.41) is 2.40. The molecule has 0 saturated carbocycles. The van der Waals surface area contributed by atoms with Crippen molar-refractivity contribution < 1.29 is 27.5 Å². The third kappa shape index (κ3) is 3.69. The molecule has 1 saturated heterocycles. The standard InChI is InChI=1S/C16H19F3N2O3/c1-8-12(18)9(17)5-10(13(8)19)21-7-24-14(15(21)23)20-11(22)6-16(2,3)4/h5,14H,6-7H2,1-4H3,(H,20,22). The van der Waals surface area contributed by atoms with Gasteiger partial charge in [0.1, 0.15) is 6.73 Å². The average Bonchev–Trinajstić information content (AvgIpc) is 2.80. The van der Waals surface area contributed by atoms with Crippen molar-refractivity contribution in [3.05, 3.63) is 29.1 Å². The number of carbonyl (C=O) groups is 2. The van der Waals surface area contributed by atoms with Gasteiger partial charge in [-0.15, -0.1) is 0 Å². The molecular formula is C16H19F3N2O3. The molecule has 1 aromatic carbocycles. The number of anilines is 1. The van der Waals surface area contributed by atoms with Crippen molar-refractivity contribution in [2.45, 2.75) is 40.3 Å². The predicted molar refractivity (Wildman–Crippen MR) is 80.5 cm³/mol. The minimum absolute atomic E-state index is 0.165. The molecule has 1 fully saturated rings. The number of carbonyl (C=O) groups excluding carboxylic acids is 2. The second-order valence-corrected chi connectivity index (χ2v) is 6.88. The zero-order chi connectivity index (χ0) is 18.2. The molecular weight excluding hydrogens is 325 g/mol. The van der Waals surface area contributed by atoms with Gasteiger partial charge in [0.15, 0.2) is 17.5 Å². The number of nitrogens with one attached hydrogen (secondary N) is 1. The third-order valence-electron chi connectivity index (χ3n) is 3.49. The second kappa shape index (κ2) is 6.43. The molecule has 1 atom stereocenters. The third-order valence-corrected chi connectivity index (χ3v) is 3.49. The summed E-state index contributed by atoms with van der Waals surface area (Å²) in [6, 6.07) is 0.596. The van der Waals surface area contributed by atoms with Crippen LogP contribution >= 0.6 is 0 Å². The second-order valence-electron chi connectivity index (χ2n) is 6.88. The van der Waals surface area contributed by atoms with Gasteiger partial charge in [-0.2, -0.15) is 0 Å². The molecule has 24 heavy (non-hydrogen) atoms. The monoisotopic (exact) mass is 344 g/mol. The highest BCUT2D eigenvalue weighted by atomic mass is 19.2. The zero-order valence-electron chi connectivity index (χ0n) is 13.9. The molecule has 0 aliphatic carbocycles. The largest absolute Gasteiger partial charge is 0.328 e. The SMILES string of the molecule is Cc1c(F)c(F)cc(N2COC(NC(=O)CC(C)(C)C)C2=O)c1F. The van der Waals surface area contributed by atoms with Crippen LogP contribution in [-0.4, -0.2) is 24.8 Å². The van der Waals surface area contributed by atoms with E-state index < -0.39 is 46.7 Å². The molecule has 1 aromatic rings. The highest BCUT2D eigenvalue weighted by molar-refractivity contribution is 5.99. The Morgan fingerprint density at radius 3 is 2.54 bits per heavy atom. The van der Waals surface area contributed by atoms with Crippen LogP contribution in [0, 0.1) is 29.8 Å². The first-order valence-corrected chi connectivity index (χ1v) is 7.37. The van der Waals surface area contributed by atoms with Gasteiger partial charge in [-0.1, -0.05) is 20.8 Å². The van der Waals surface area contributed by atoms with Gasteiger partial charge < -0.3 is 10.1 Å². The van der Waals surface area contributed by atoms with E-state index in [1.807, 2.05) is 20.8 Å². The van der Waals surface area contributed by atoms with Crippen LogP contribution in [0.3, 0.4) is 0 Å². The summed E-state index contributed by atoms with van der Waals surface area (Å²) in [6.07, 6.45) is -1.12. The molecule has 1 heterocycles. The Labute approximate surface area is 137 Å². The van der Waals surface area contributed by atoms with Crippen molar-refractivity contribution in [2.75, 3.05) is 11.6 Å². The molecule has 1 unspecified atom stereocenters. The molecule has 0 bridgehead atoms. The molecule has 2 amide bonds. The molecule has 0 radical (unpaired) electrons. The fraction of sp³-hybridized carbons (Fsp3) is 0.500. The Kier molecular flexibility index (Phi) is 4.89. The summed E-state index contributed by atoms with van der Waals surface area (Å²) < 4.78 is 46.1. The van der Waals surface area contributed by atoms with E-state index >= 15 is 0 Å². The van der Waals surface area contributed by atoms with E-state index in [4.69, 9.17) is 4.74 Å². The van der Waals surface area contributed by atoms with E-state index in [0.717, 1.165) is 11.8 Å². The lowest BCUT2D eigenvalue weighted by atomic mass is 9.92. The Balaban J connectivity index is 2.17. The Bertz CT molecular complexity index is 686. The molecule has 2 rings (SSSR count). The predicted octanol–water partition coefficient (Wildman–Crippen LogP) is 2.61. The van der Waals surface area contributed by atoms with Crippen LogP contribution in [0.25, 0.3) is 0 Å². The fourth-order valence-electron chi connectivity index (χ4n) is 2.31. The number of nitrogens with zero attached hydrogens (tertiary/aromatic N) is 1. The van der Waals surface area contributed by atoms with E-state index in [1.165, 1.54) is 0 Å². The van der Waals surface area contributed by atoms with Crippen LogP contribution in [-0.2, 0) is 14.3 Å². The van der Waals surface area contributed by atoms with Crippen molar-refractivity contribution in [3.8, 4) is 0 Å². The molecule has 0 spiro atoms. The molecule has 1 aliphatic rings. The summed E-state index contributed by atoms with van der Waals surface area (Å²) in [7, 11) is 0. The van der Waals surface area contributed by atoms with E-state index in [9.17, 15) is 22.8 Å². The molecule has 5 nitrogen and oxygen atoms in total. The van der Waals surface area contributed by atoms with Crippen LogP contribution in [0.15, 0.2) is 6.07 Å². The maximum atomic E-state index is 14.1. The summed E-state index contributed by atoms with van der Waals surface area (Å²) >= 11 is 0.